The average Bonchev–Trinajstić information content (AvgIpc) is 3.32. The van der Waals surface area contributed by atoms with E-state index in [1.165, 1.54) is 5.39 Å². The van der Waals surface area contributed by atoms with Crippen molar-refractivity contribution in [1.82, 2.24) is 4.98 Å². The van der Waals surface area contributed by atoms with Crippen molar-refractivity contribution in [2.24, 2.45) is 0 Å². The molecule has 8 heteroatoms. The third-order valence-corrected chi connectivity index (χ3v) is 7.11. The van der Waals surface area contributed by atoms with Crippen LogP contribution in [0.15, 0.2) is 72.8 Å². The van der Waals surface area contributed by atoms with Crippen molar-refractivity contribution in [2.45, 2.75) is 0 Å². The molecule has 1 heterocycles. The Morgan fingerprint density at radius 3 is 2.58 bits per heavy atom. The summed E-state index contributed by atoms with van der Waals surface area (Å²) in [4.78, 5) is 17.2. The van der Waals surface area contributed by atoms with E-state index in [2.05, 4.69) is 29.6 Å². The molecule has 0 fully saturated rings. The molecule has 5 aromatic rings. The number of hydrogen-bond acceptors (Lipinski definition) is 5. The summed E-state index contributed by atoms with van der Waals surface area (Å²) >= 11 is 13.9. The Kier molecular flexibility index (Phi) is 7.09. The number of para-hydroxylation sites is 1. The Morgan fingerprint density at radius 1 is 0.972 bits per heavy atom. The molecule has 5 rings (SSSR count). The number of methoxy groups -OCH3 is 1. The van der Waals surface area contributed by atoms with Gasteiger partial charge in [0.2, 0.25) is 0 Å². The minimum atomic E-state index is -0.389. The molecule has 180 valence electrons. The quantitative estimate of drug-likeness (QED) is 0.230. The first-order valence-electron chi connectivity index (χ1n) is 11.0. The minimum Gasteiger partial charge on any atom is -0.493 e. The van der Waals surface area contributed by atoms with Gasteiger partial charge >= 0.3 is 0 Å². The van der Waals surface area contributed by atoms with Gasteiger partial charge in [-0.15, -0.1) is 11.3 Å². The van der Waals surface area contributed by atoms with Crippen LogP contribution in [0.3, 0.4) is 0 Å². The number of nitrogens with one attached hydrogen (secondary N) is 1. The number of amides is 1. The summed E-state index contributed by atoms with van der Waals surface area (Å²) in [6.07, 6.45) is 3.95. The Morgan fingerprint density at radius 2 is 1.78 bits per heavy atom. The van der Waals surface area contributed by atoms with Crippen LogP contribution in [-0.2, 0) is 4.79 Å². The SMILES string of the molecule is COc1cc(/C=C/c2nc3c(ccc4ccccc43)s2)ccc1OCC(=O)Nc1c(Cl)cccc1Cl. The van der Waals surface area contributed by atoms with Crippen LogP contribution in [0.5, 0.6) is 11.5 Å². The van der Waals surface area contributed by atoms with Gasteiger partial charge in [0.25, 0.3) is 5.91 Å². The van der Waals surface area contributed by atoms with E-state index >= 15 is 0 Å². The largest absolute Gasteiger partial charge is 0.493 e. The van der Waals surface area contributed by atoms with Crippen LogP contribution < -0.4 is 14.8 Å². The van der Waals surface area contributed by atoms with Crippen LogP contribution in [0.2, 0.25) is 10.0 Å². The van der Waals surface area contributed by atoms with Crippen molar-refractivity contribution in [1.29, 1.82) is 0 Å². The lowest BCUT2D eigenvalue weighted by molar-refractivity contribution is -0.118. The normalized spacial score (nSPS) is 11.3. The van der Waals surface area contributed by atoms with Gasteiger partial charge < -0.3 is 14.8 Å². The number of rotatable bonds is 7. The number of aromatic nitrogens is 1. The highest BCUT2D eigenvalue weighted by atomic mass is 35.5. The van der Waals surface area contributed by atoms with E-state index in [9.17, 15) is 4.79 Å². The van der Waals surface area contributed by atoms with Gasteiger partial charge in [0.1, 0.15) is 5.01 Å². The molecule has 1 N–H and O–H groups in total. The van der Waals surface area contributed by atoms with E-state index in [-0.39, 0.29) is 12.5 Å². The highest BCUT2D eigenvalue weighted by Crippen LogP contribution is 2.32. The third kappa shape index (κ3) is 5.16. The summed E-state index contributed by atoms with van der Waals surface area (Å²) in [5.41, 5.74) is 2.27. The molecule has 36 heavy (non-hydrogen) atoms. The van der Waals surface area contributed by atoms with E-state index < -0.39 is 0 Å². The second kappa shape index (κ2) is 10.6. The van der Waals surface area contributed by atoms with E-state index in [0.29, 0.717) is 27.2 Å². The summed E-state index contributed by atoms with van der Waals surface area (Å²) in [5, 5.41) is 6.61. The van der Waals surface area contributed by atoms with Crippen LogP contribution in [-0.4, -0.2) is 24.6 Å². The predicted molar refractivity (Wildman–Crippen MR) is 150 cm³/mol. The molecular formula is C28H20Cl2N2O3S. The molecule has 0 aliphatic heterocycles. The molecule has 5 nitrogen and oxygen atoms in total. The number of nitrogens with zero attached hydrogens (tertiary/aromatic N) is 1. The monoisotopic (exact) mass is 534 g/mol. The molecule has 4 aromatic carbocycles. The highest BCUT2D eigenvalue weighted by molar-refractivity contribution is 7.19. The first-order valence-corrected chi connectivity index (χ1v) is 12.6. The predicted octanol–water partition coefficient (Wildman–Crippen LogP) is 7.95. The van der Waals surface area contributed by atoms with Gasteiger partial charge in [0.15, 0.2) is 18.1 Å². The molecule has 0 unspecified atom stereocenters. The summed E-state index contributed by atoms with van der Waals surface area (Å²) in [6, 6.07) is 23.0. The van der Waals surface area contributed by atoms with Gasteiger partial charge in [-0.2, -0.15) is 0 Å². The van der Waals surface area contributed by atoms with Crippen molar-refractivity contribution >= 4 is 79.3 Å². The number of carbonyl (C=O) groups excluding carboxylic acids is 1. The summed E-state index contributed by atoms with van der Waals surface area (Å²) in [5.74, 6) is 0.567. The maximum Gasteiger partial charge on any atom is 0.262 e. The molecular weight excluding hydrogens is 515 g/mol. The molecule has 1 amide bonds. The van der Waals surface area contributed by atoms with E-state index in [4.69, 9.17) is 37.7 Å². The van der Waals surface area contributed by atoms with Gasteiger partial charge in [0.05, 0.1) is 33.1 Å². The molecule has 0 bridgehead atoms. The lowest BCUT2D eigenvalue weighted by Crippen LogP contribution is -2.20. The Labute approximate surface area is 221 Å². The first kappa shape index (κ1) is 24.1. The summed E-state index contributed by atoms with van der Waals surface area (Å²) in [7, 11) is 1.55. The second-order valence-corrected chi connectivity index (χ2v) is 9.74. The van der Waals surface area contributed by atoms with Gasteiger partial charge in [-0.05, 0) is 47.4 Å². The molecule has 0 aliphatic rings. The number of thiazole rings is 1. The van der Waals surface area contributed by atoms with Crippen molar-refractivity contribution in [3.05, 3.63) is 93.4 Å². The maximum atomic E-state index is 12.4. The Hall–Kier alpha value is -3.58. The van der Waals surface area contributed by atoms with Crippen molar-refractivity contribution in [2.75, 3.05) is 19.0 Å². The third-order valence-electron chi connectivity index (χ3n) is 5.49. The zero-order chi connectivity index (χ0) is 25.1. The highest BCUT2D eigenvalue weighted by Gasteiger charge is 2.12. The second-order valence-electron chi connectivity index (χ2n) is 7.86. The number of ether oxygens (including phenoxy) is 2. The number of carbonyl (C=O) groups is 1. The number of hydrogen-bond donors (Lipinski definition) is 1. The fraction of sp³-hybridized carbons (Fsp3) is 0.0714. The molecule has 1 aromatic heterocycles. The van der Waals surface area contributed by atoms with E-state index in [1.807, 2.05) is 36.4 Å². The van der Waals surface area contributed by atoms with Crippen molar-refractivity contribution in [3.8, 4) is 11.5 Å². The first-order chi connectivity index (χ1) is 17.5. The molecule has 0 spiro atoms. The standard InChI is InChI=1S/C28H20Cl2N2O3S/c1-34-23-15-17(9-12-22(23)35-16-25(33)31-28-20(29)7-4-8-21(28)30)10-14-26-32-27-19-6-3-2-5-18(19)11-13-24(27)36-26/h2-15H,16H2,1H3,(H,31,33)/b14-10+. The zero-order valence-electron chi connectivity index (χ0n) is 19.1. The summed E-state index contributed by atoms with van der Waals surface area (Å²) < 4.78 is 12.3. The molecule has 0 saturated carbocycles. The number of benzene rings is 4. The van der Waals surface area contributed by atoms with Gasteiger partial charge in [-0.3, -0.25) is 4.79 Å². The molecule has 0 atom stereocenters. The zero-order valence-corrected chi connectivity index (χ0v) is 21.5. The van der Waals surface area contributed by atoms with Gasteiger partial charge in [-0.1, -0.05) is 71.7 Å². The van der Waals surface area contributed by atoms with Crippen LogP contribution in [0, 0.1) is 0 Å². The van der Waals surface area contributed by atoms with E-state index in [1.54, 1.807) is 42.7 Å². The van der Waals surface area contributed by atoms with Crippen LogP contribution in [0.4, 0.5) is 5.69 Å². The lowest BCUT2D eigenvalue weighted by atomic mass is 10.1. The topological polar surface area (TPSA) is 60.5 Å². The summed E-state index contributed by atoms with van der Waals surface area (Å²) in [6.45, 7) is -0.229. The molecule has 0 aliphatic carbocycles. The Balaban J connectivity index is 1.29. The van der Waals surface area contributed by atoms with Crippen LogP contribution >= 0.6 is 34.5 Å². The van der Waals surface area contributed by atoms with Crippen molar-refractivity contribution < 1.29 is 14.3 Å². The smallest absolute Gasteiger partial charge is 0.262 e. The Bertz CT molecular complexity index is 1590. The van der Waals surface area contributed by atoms with E-state index in [0.717, 1.165) is 26.2 Å². The molecule has 0 saturated heterocycles. The van der Waals surface area contributed by atoms with Crippen LogP contribution in [0.1, 0.15) is 10.6 Å². The van der Waals surface area contributed by atoms with Gasteiger partial charge in [0, 0.05) is 5.39 Å². The number of anilines is 1. The molecule has 0 radical (unpaired) electrons. The fourth-order valence-electron chi connectivity index (χ4n) is 3.76. The number of halogens is 2. The average molecular weight is 535 g/mol. The lowest BCUT2D eigenvalue weighted by Gasteiger charge is -2.12. The minimum absolute atomic E-state index is 0.229. The fourth-order valence-corrected chi connectivity index (χ4v) is 5.14. The van der Waals surface area contributed by atoms with Gasteiger partial charge in [-0.25, -0.2) is 4.98 Å². The number of fused-ring (bicyclic) bond motifs is 3. The van der Waals surface area contributed by atoms with Crippen LogP contribution in [0.25, 0.3) is 33.1 Å². The maximum absolute atomic E-state index is 12.4. The van der Waals surface area contributed by atoms with Crippen molar-refractivity contribution in [3.63, 3.8) is 0 Å².